The molecule has 1 N–H and O–H groups in total. The van der Waals surface area contributed by atoms with Crippen LogP contribution in [0.4, 0.5) is 5.69 Å². The zero-order chi connectivity index (χ0) is 21.4. The highest BCUT2D eigenvalue weighted by molar-refractivity contribution is 5.94. The molecule has 4 rings (SSSR count). The highest BCUT2D eigenvalue weighted by atomic mass is 16.2. The standard InChI is InChI=1S/C22H25N5O3/c1-14-19(15(2)27-20(23-14)13-21(29)24-27)12-22(30)26-10-8-25(9-11-26)18-6-4-17(5-7-18)16(3)28/h4-7,13H,8-12H2,1-3H3,(H,24,29). The number of aromatic amines is 1. The van der Waals surface area contributed by atoms with Gasteiger partial charge in [-0.2, -0.15) is 0 Å². The Kier molecular flexibility index (Phi) is 5.15. The number of nitrogens with zero attached hydrogens (tertiary/aromatic N) is 4. The highest BCUT2D eigenvalue weighted by Crippen LogP contribution is 2.19. The van der Waals surface area contributed by atoms with Gasteiger partial charge in [0.25, 0.3) is 5.56 Å². The summed E-state index contributed by atoms with van der Waals surface area (Å²) in [6.07, 6.45) is 0.258. The van der Waals surface area contributed by atoms with Crippen molar-refractivity contribution >= 4 is 23.0 Å². The molecule has 8 heteroatoms. The van der Waals surface area contributed by atoms with Gasteiger partial charge in [0.2, 0.25) is 5.91 Å². The van der Waals surface area contributed by atoms with Gasteiger partial charge >= 0.3 is 0 Å². The summed E-state index contributed by atoms with van der Waals surface area (Å²) in [5, 5.41) is 2.73. The molecule has 0 saturated carbocycles. The molecule has 1 aliphatic rings. The SMILES string of the molecule is CC(=O)c1ccc(N2CCN(C(=O)Cc3c(C)nc4cc(=O)[nH]n4c3C)CC2)cc1. The van der Waals surface area contributed by atoms with Gasteiger partial charge < -0.3 is 9.80 Å². The lowest BCUT2D eigenvalue weighted by Gasteiger charge is -2.36. The Hall–Kier alpha value is -3.42. The van der Waals surface area contributed by atoms with E-state index < -0.39 is 0 Å². The van der Waals surface area contributed by atoms with Gasteiger partial charge in [0, 0.05) is 60.4 Å². The third-order valence-electron chi connectivity index (χ3n) is 5.80. The number of carbonyl (C=O) groups excluding carboxylic acids is 2. The summed E-state index contributed by atoms with van der Waals surface area (Å²) in [5.74, 6) is 0.114. The molecule has 1 fully saturated rings. The fourth-order valence-electron chi connectivity index (χ4n) is 4.00. The van der Waals surface area contributed by atoms with Gasteiger partial charge in [-0.1, -0.05) is 0 Å². The number of fused-ring (bicyclic) bond motifs is 1. The van der Waals surface area contributed by atoms with Gasteiger partial charge in [-0.05, 0) is 45.0 Å². The van der Waals surface area contributed by atoms with Crippen LogP contribution in [0.15, 0.2) is 35.1 Å². The number of aryl methyl sites for hydroxylation is 2. The fourth-order valence-corrected chi connectivity index (χ4v) is 4.00. The molecule has 0 unspecified atom stereocenters. The molecule has 1 saturated heterocycles. The van der Waals surface area contributed by atoms with Crippen LogP contribution < -0.4 is 10.5 Å². The molecular formula is C22H25N5O3. The van der Waals surface area contributed by atoms with E-state index in [9.17, 15) is 14.4 Å². The number of aromatic nitrogens is 3. The number of anilines is 1. The van der Waals surface area contributed by atoms with Gasteiger partial charge in [-0.25, -0.2) is 9.50 Å². The number of H-pyrrole nitrogens is 1. The molecule has 0 atom stereocenters. The Balaban J connectivity index is 1.43. The van der Waals surface area contributed by atoms with Crippen LogP contribution in [0.1, 0.15) is 34.2 Å². The van der Waals surface area contributed by atoms with Crippen molar-refractivity contribution in [2.24, 2.45) is 0 Å². The Morgan fingerprint density at radius 1 is 1.07 bits per heavy atom. The van der Waals surface area contributed by atoms with Crippen LogP contribution in [-0.2, 0) is 11.2 Å². The predicted octanol–water partition coefficient (Wildman–Crippen LogP) is 1.73. The van der Waals surface area contributed by atoms with Crippen molar-refractivity contribution in [1.29, 1.82) is 0 Å². The quantitative estimate of drug-likeness (QED) is 0.665. The minimum atomic E-state index is -0.207. The largest absolute Gasteiger partial charge is 0.368 e. The van der Waals surface area contributed by atoms with E-state index in [1.165, 1.54) is 6.07 Å². The molecule has 30 heavy (non-hydrogen) atoms. The van der Waals surface area contributed by atoms with Gasteiger partial charge in [0.05, 0.1) is 6.42 Å². The fraction of sp³-hybridized carbons (Fsp3) is 0.364. The summed E-state index contributed by atoms with van der Waals surface area (Å²) in [6, 6.07) is 9.05. The molecular weight excluding hydrogens is 382 g/mol. The Morgan fingerprint density at radius 2 is 1.73 bits per heavy atom. The first-order valence-electron chi connectivity index (χ1n) is 10.0. The van der Waals surface area contributed by atoms with E-state index in [0.717, 1.165) is 35.7 Å². The van der Waals surface area contributed by atoms with E-state index in [2.05, 4.69) is 15.0 Å². The van der Waals surface area contributed by atoms with Crippen molar-refractivity contribution in [3.63, 3.8) is 0 Å². The predicted molar refractivity (Wildman–Crippen MR) is 114 cm³/mol. The van der Waals surface area contributed by atoms with Gasteiger partial charge in [0.15, 0.2) is 11.4 Å². The van der Waals surface area contributed by atoms with Crippen molar-refractivity contribution in [3.8, 4) is 0 Å². The highest BCUT2D eigenvalue weighted by Gasteiger charge is 2.23. The van der Waals surface area contributed by atoms with Crippen molar-refractivity contribution < 1.29 is 9.59 Å². The third kappa shape index (κ3) is 3.72. The van der Waals surface area contributed by atoms with E-state index >= 15 is 0 Å². The number of amides is 1. The second-order valence-corrected chi connectivity index (χ2v) is 7.72. The number of rotatable bonds is 4. The molecule has 1 amide bonds. The molecule has 2 aromatic heterocycles. The summed E-state index contributed by atoms with van der Waals surface area (Å²) in [7, 11) is 0. The number of nitrogens with one attached hydrogen (secondary N) is 1. The third-order valence-corrected chi connectivity index (χ3v) is 5.80. The van der Waals surface area contributed by atoms with Crippen LogP contribution in [0.5, 0.6) is 0 Å². The van der Waals surface area contributed by atoms with Crippen LogP contribution in [-0.4, -0.2) is 57.4 Å². The van der Waals surface area contributed by atoms with Crippen LogP contribution in [0.2, 0.25) is 0 Å². The Labute approximate surface area is 174 Å². The lowest BCUT2D eigenvalue weighted by Crippen LogP contribution is -2.49. The van der Waals surface area contributed by atoms with E-state index in [1.54, 1.807) is 11.4 Å². The maximum absolute atomic E-state index is 12.9. The van der Waals surface area contributed by atoms with Gasteiger partial charge in [-0.15, -0.1) is 0 Å². The molecule has 0 spiro atoms. The minimum absolute atomic E-state index is 0.0548. The first kappa shape index (κ1) is 19.9. The second kappa shape index (κ2) is 7.78. The van der Waals surface area contributed by atoms with Crippen LogP contribution in [0, 0.1) is 13.8 Å². The number of hydrogen-bond donors (Lipinski definition) is 1. The Morgan fingerprint density at radius 3 is 2.37 bits per heavy atom. The average molecular weight is 407 g/mol. The van der Waals surface area contributed by atoms with Gasteiger partial charge in [0.1, 0.15) is 0 Å². The van der Waals surface area contributed by atoms with Crippen molar-refractivity contribution in [1.82, 2.24) is 19.5 Å². The zero-order valence-corrected chi connectivity index (χ0v) is 17.4. The van der Waals surface area contributed by atoms with Crippen LogP contribution >= 0.6 is 0 Å². The van der Waals surface area contributed by atoms with Crippen LogP contribution in [0.25, 0.3) is 5.65 Å². The zero-order valence-electron chi connectivity index (χ0n) is 17.4. The van der Waals surface area contributed by atoms with E-state index in [4.69, 9.17) is 0 Å². The molecule has 156 valence electrons. The molecule has 3 heterocycles. The lowest BCUT2D eigenvalue weighted by molar-refractivity contribution is -0.130. The van der Waals surface area contributed by atoms with E-state index in [-0.39, 0.29) is 23.7 Å². The number of benzene rings is 1. The van der Waals surface area contributed by atoms with E-state index in [0.29, 0.717) is 24.3 Å². The van der Waals surface area contributed by atoms with Crippen molar-refractivity contribution in [2.75, 3.05) is 31.1 Å². The van der Waals surface area contributed by atoms with Gasteiger partial charge in [-0.3, -0.25) is 19.5 Å². The van der Waals surface area contributed by atoms with E-state index in [1.807, 2.05) is 43.0 Å². The number of ketones is 1. The number of Topliss-reactive ketones (excluding diaryl/α,β-unsaturated/α-hetero) is 1. The maximum Gasteiger partial charge on any atom is 0.266 e. The molecule has 8 nitrogen and oxygen atoms in total. The monoisotopic (exact) mass is 407 g/mol. The summed E-state index contributed by atoms with van der Waals surface area (Å²) < 4.78 is 1.64. The minimum Gasteiger partial charge on any atom is -0.368 e. The normalized spacial score (nSPS) is 14.4. The topological polar surface area (TPSA) is 90.8 Å². The summed E-state index contributed by atoms with van der Waals surface area (Å²) in [5.41, 5.74) is 4.57. The smallest absolute Gasteiger partial charge is 0.266 e. The average Bonchev–Trinajstić information content (AvgIpc) is 3.11. The van der Waals surface area contributed by atoms with Crippen LogP contribution in [0.3, 0.4) is 0 Å². The number of carbonyl (C=O) groups is 2. The van der Waals surface area contributed by atoms with Crippen molar-refractivity contribution in [3.05, 3.63) is 63.2 Å². The van der Waals surface area contributed by atoms with Crippen molar-refractivity contribution in [2.45, 2.75) is 27.2 Å². The maximum atomic E-state index is 12.9. The summed E-state index contributed by atoms with van der Waals surface area (Å²) >= 11 is 0. The number of hydrogen-bond acceptors (Lipinski definition) is 5. The molecule has 0 radical (unpaired) electrons. The first-order valence-corrected chi connectivity index (χ1v) is 10.0. The molecule has 1 aliphatic heterocycles. The molecule has 1 aromatic carbocycles. The Bertz CT molecular complexity index is 1170. The molecule has 3 aromatic rings. The first-order chi connectivity index (χ1) is 14.3. The summed E-state index contributed by atoms with van der Waals surface area (Å²) in [4.78, 5) is 44.6. The molecule has 0 aliphatic carbocycles. The number of piperazine rings is 1. The molecule has 0 bridgehead atoms. The summed E-state index contributed by atoms with van der Waals surface area (Å²) in [6.45, 7) is 8.09. The second-order valence-electron chi connectivity index (χ2n) is 7.72. The lowest BCUT2D eigenvalue weighted by atomic mass is 10.1.